The molecule has 5 heterocycles. The summed E-state index contributed by atoms with van der Waals surface area (Å²) >= 11 is 0. The van der Waals surface area contributed by atoms with Crippen molar-refractivity contribution < 1.29 is 14.1 Å². The number of nitrogens with zero attached hydrogens (tertiary/aromatic N) is 7. The molecule has 0 aromatic carbocycles. The topological polar surface area (TPSA) is 113 Å². The zero-order valence-electron chi connectivity index (χ0n) is 21.0. The summed E-state index contributed by atoms with van der Waals surface area (Å²) < 4.78 is 11.1. The Balaban J connectivity index is 1.07. The zero-order valence-corrected chi connectivity index (χ0v) is 21.0. The third kappa shape index (κ3) is 4.90. The van der Waals surface area contributed by atoms with E-state index in [2.05, 4.69) is 35.1 Å². The first-order chi connectivity index (χ1) is 17.7. The number of anilines is 2. The Morgan fingerprint density at radius 2 is 1.67 bits per heavy atom. The Bertz CT molecular complexity index is 1030. The average molecular weight is 497 g/mol. The number of carbonyl (C=O) groups excluding carboxylic acids is 1. The van der Waals surface area contributed by atoms with Gasteiger partial charge in [0.1, 0.15) is 0 Å². The average Bonchev–Trinajstić information content (AvgIpc) is 3.43. The molecule has 1 amide bonds. The number of nitrogens with one attached hydrogen (secondary N) is 1. The molecule has 4 fully saturated rings. The van der Waals surface area contributed by atoms with E-state index in [1.807, 2.05) is 7.05 Å². The molecule has 2 aromatic rings. The van der Waals surface area contributed by atoms with Gasteiger partial charge in [-0.2, -0.15) is 4.98 Å². The van der Waals surface area contributed by atoms with Crippen molar-refractivity contribution in [2.45, 2.75) is 69.0 Å². The van der Waals surface area contributed by atoms with Crippen LogP contribution in [0.1, 0.15) is 67.0 Å². The van der Waals surface area contributed by atoms with Crippen LogP contribution in [0, 0.1) is 0 Å². The molecule has 0 bridgehead atoms. The van der Waals surface area contributed by atoms with E-state index in [1.54, 1.807) is 12.4 Å². The highest BCUT2D eigenvalue weighted by Crippen LogP contribution is 2.34. The first-order valence-electron chi connectivity index (χ1n) is 13.4. The number of hydrogen-bond donors (Lipinski definition) is 1. The molecule has 3 saturated heterocycles. The van der Waals surface area contributed by atoms with E-state index in [0.717, 1.165) is 90.2 Å². The second-order valence-electron chi connectivity index (χ2n) is 10.5. The molecule has 2 aromatic heterocycles. The van der Waals surface area contributed by atoms with Crippen molar-refractivity contribution in [1.29, 1.82) is 0 Å². The minimum atomic E-state index is 0.0524. The van der Waals surface area contributed by atoms with Crippen LogP contribution in [-0.2, 0) is 4.74 Å². The Hall–Kier alpha value is -2.79. The lowest BCUT2D eigenvalue weighted by Gasteiger charge is -2.38. The highest BCUT2D eigenvalue weighted by Gasteiger charge is 2.40. The summed E-state index contributed by atoms with van der Waals surface area (Å²) in [6.45, 7) is 4.94. The van der Waals surface area contributed by atoms with Crippen LogP contribution in [0.2, 0.25) is 0 Å². The lowest BCUT2D eigenvalue weighted by Crippen LogP contribution is -2.48. The summed E-state index contributed by atoms with van der Waals surface area (Å²) in [4.78, 5) is 33.8. The van der Waals surface area contributed by atoms with Gasteiger partial charge >= 0.3 is 6.01 Å². The van der Waals surface area contributed by atoms with E-state index < -0.39 is 0 Å². The van der Waals surface area contributed by atoms with Crippen LogP contribution in [-0.4, -0.2) is 95.5 Å². The summed E-state index contributed by atoms with van der Waals surface area (Å²) in [5.41, 5.74) is 0.579. The first kappa shape index (κ1) is 23.6. The van der Waals surface area contributed by atoms with Gasteiger partial charge in [0, 0.05) is 75.8 Å². The number of amides is 1. The summed E-state index contributed by atoms with van der Waals surface area (Å²) in [6, 6.07) is 1.60. The van der Waals surface area contributed by atoms with Gasteiger partial charge in [0.15, 0.2) is 5.82 Å². The third-order valence-electron chi connectivity index (χ3n) is 8.09. The number of likely N-dealkylation sites (N-methyl/N-ethyl adjacent to an activating group) is 1. The first-order valence-corrected chi connectivity index (χ1v) is 13.4. The zero-order chi connectivity index (χ0) is 24.5. The molecule has 11 nitrogen and oxygen atoms in total. The molecule has 1 atom stereocenters. The SMILES string of the molecule is CNC1CCN(c2ncc(C(=O)N(C3CC3)C3CCN(c4nc(C5CCOCC5)no4)CC3)cn2)C1. The van der Waals surface area contributed by atoms with Crippen LogP contribution in [0.4, 0.5) is 12.0 Å². The number of hydrogen-bond acceptors (Lipinski definition) is 10. The predicted molar refractivity (Wildman–Crippen MR) is 133 cm³/mol. The molecule has 6 rings (SSSR count). The Labute approximate surface area is 211 Å². The lowest BCUT2D eigenvalue weighted by atomic mass is 10.00. The molecule has 0 radical (unpaired) electrons. The van der Waals surface area contributed by atoms with E-state index in [1.165, 1.54) is 0 Å². The van der Waals surface area contributed by atoms with E-state index in [9.17, 15) is 4.79 Å². The number of carbonyl (C=O) groups is 1. The van der Waals surface area contributed by atoms with E-state index in [-0.39, 0.29) is 11.9 Å². The molecule has 194 valence electrons. The third-order valence-corrected chi connectivity index (χ3v) is 8.09. The highest BCUT2D eigenvalue weighted by molar-refractivity contribution is 5.94. The van der Waals surface area contributed by atoms with Crippen molar-refractivity contribution >= 4 is 17.9 Å². The summed E-state index contributed by atoms with van der Waals surface area (Å²) in [6.07, 6.45) is 10.3. The molecular formula is C25H36N8O3. The molecule has 3 aliphatic heterocycles. The molecule has 11 heteroatoms. The predicted octanol–water partition coefficient (Wildman–Crippen LogP) is 1.83. The fourth-order valence-corrected chi connectivity index (χ4v) is 5.72. The van der Waals surface area contributed by atoms with Crippen LogP contribution >= 0.6 is 0 Å². The minimum absolute atomic E-state index is 0.0524. The molecule has 1 saturated carbocycles. The van der Waals surface area contributed by atoms with Crippen molar-refractivity contribution in [3.63, 3.8) is 0 Å². The molecule has 36 heavy (non-hydrogen) atoms. The van der Waals surface area contributed by atoms with Crippen molar-refractivity contribution in [2.75, 3.05) is 56.2 Å². The quantitative estimate of drug-likeness (QED) is 0.609. The summed E-state index contributed by atoms with van der Waals surface area (Å²) in [5.74, 6) is 1.87. The van der Waals surface area contributed by atoms with Gasteiger partial charge in [0.2, 0.25) is 5.95 Å². The Morgan fingerprint density at radius 3 is 2.33 bits per heavy atom. The molecule has 1 N–H and O–H groups in total. The van der Waals surface area contributed by atoms with Gasteiger partial charge in [-0.25, -0.2) is 9.97 Å². The fraction of sp³-hybridized carbons (Fsp3) is 0.720. The van der Waals surface area contributed by atoms with Gasteiger partial charge in [0.25, 0.3) is 5.91 Å². The molecular weight excluding hydrogens is 460 g/mol. The van der Waals surface area contributed by atoms with Crippen molar-refractivity contribution in [3.05, 3.63) is 23.8 Å². The molecule has 1 aliphatic carbocycles. The summed E-state index contributed by atoms with van der Waals surface area (Å²) in [5, 5.41) is 7.57. The van der Waals surface area contributed by atoms with E-state index in [4.69, 9.17) is 14.2 Å². The summed E-state index contributed by atoms with van der Waals surface area (Å²) in [7, 11) is 1.99. The maximum atomic E-state index is 13.5. The van der Waals surface area contributed by atoms with Gasteiger partial charge in [0.05, 0.1) is 5.56 Å². The Morgan fingerprint density at radius 1 is 0.972 bits per heavy atom. The van der Waals surface area contributed by atoms with Gasteiger partial charge in [-0.3, -0.25) is 4.79 Å². The second-order valence-corrected chi connectivity index (χ2v) is 10.5. The van der Waals surface area contributed by atoms with Crippen molar-refractivity contribution in [3.8, 4) is 0 Å². The van der Waals surface area contributed by atoms with Gasteiger partial charge in [-0.15, -0.1) is 0 Å². The molecule has 0 spiro atoms. The number of aromatic nitrogens is 4. The van der Waals surface area contributed by atoms with Gasteiger partial charge < -0.3 is 29.3 Å². The van der Waals surface area contributed by atoms with Crippen molar-refractivity contribution in [2.24, 2.45) is 0 Å². The van der Waals surface area contributed by atoms with E-state index >= 15 is 0 Å². The van der Waals surface area contributed by atoms with Crippen LogP contribution in [0.25, 0.3) is 0 Å². The standard InChI is InChI=1S/C25H36N8O3/c1-26-19-4-9-32(16-19)24-27-14-18(15-28-24)23(34)33(20-2-3-20)21-5-10-31(11-6-21)25-29-22(30-36-25)17-7-12-35-13-8-17/h14-15,17,19-21,26H,2-13,16H2,1H3. The van der Waals surface area contributed by atoms with Crippen LogP contribution in [0.15, 0.2) is 16.9 Å². The van der Waals surface area contributed by atoms with Crippen LogP contribution in [0.3, 0.4) is 0 Å². The maximum absolute atomic E-state index is 13.5. The second kappa shape index (κ2) is 10.3. The number of rotatable bonds is 7. The fourth-order valence-electron chi connectivity index (χ4n) is 5.72. The maximum Gasteiger partial charge on any atom is 0.324 e. The lowest BCUT2D eigenvalue weighted by molar-refractivity contribution is 0.0628. The monoisotopic (exact) mass is 496 g/mol. The van der Waals surface area contributed by atoms with E-state index in [0.29, 0.717) is 35.5 Å². The van der Waals surface area contributed by atoms with Crippen LogP contribution < -0.4 is 15.1 Å². The van der Waals surface area contributed by atoms with Crippen molar-refractivity contribution in [1.82, 2.24) is 30.3 Å². The minimum Gasteiger partial charge on any atom is -0.381 e. The Kier molecular flexibility index (Phi) is 6.75. The van der Waals surface area contributed by atoms with Gasteiger partial charge in [-0.1, -0.05) is 5.16 Å². The highest BCUT2D eigenvalue weighted by atomic mass is 16.5. The normalized spacial score (nSPS) is 23.9. The number of ether oxygens (including phenoxy) is 1. The smallest absolute Gasteiger partial charge is 0.324 e. The molecule has 1 unspecified atom stereocenters. The van der Waals surface area contributed by atoms with Crippen LogP contribution in [0.5, 0.6) is 0 Å². The molecule has 4 aliphatic rings. The van der Waals surface area contributed by atoms with Gasteiger partial charge in [-0.05, 0) is 52.0 Å². The largest absolute Gasteiger partial charge is 0.381 e. The number of piperidine rings is 1.